The lowest BCUT2D eigenvalue weighted by Gasteiger charge is -2.04. The summed E-state index contributed by atoms with van der Waals surface area (Å²) in [6, 6.07) is 8.57. The fraction of sp³-hybridized carbons (Fsp3) is 0.0714. The molecule has 0 unspecified atom stereocenters. The Bertz CT molecular complexity index is 805. The van der Waals surface area contributed by atoms with E-state index in [9.17, 15) is 9.59 Å². The second-order valence-corrected chi connectivity index (χ2v) is 4.26. The van der Waals surface area contributed by atoms with E-state index in [2.05, 4.69) is 15.3 Å². The fourth-order valence-corrected chi connectivity index (χ4v) is 1.89. The van der Waals surface area contributed by atoms with E-state index in [1.807, 2.05) is 6.07 Å². The first-order valence-electron chi connectivity index (χ1n) is 6.02. The van der Waals surface area contributed by atoms with Crippen LogP contribution in [0.5, 0.6) is 0 Å². The summed E-state index contributed by atoms with van der Waals surface area (Å²) in [5, 5.41) is 2.79. The van der Waals surface area contributed by atoms with Crippen LogP contribution in [0.15, 0.2) is 51.9 Å². The van der Waals surface area contributed by atoms with Crippen LogP contribution in [0.4, 0.5) is 0 Å². The van der Waals surface area contributed by atoms with E-state index in [-0.39, 0.29) is 5.91 Å². The number of hydrogen-bond donors (Lipinski definition) is 2. The summed E-state index contributed by atoms with van der Waals surface area (Å²) < 4.78 is 4.97. The minimum atomic E-state index is -0.488. The molecule has 3 aromatic rings. The highest BCUT2D eigenvalue weighted by molar-refractivity contribution is 5.93. The van der Waals surface area contributed by atoms with Crippen LogP contribution in [0.25, 0.3) is 11.1 Å². The highest BCUT2D eigenvalue weighted by atomic mass is 16.4. The molecule has 20 heavy (non-hydrogen) atoms. The van der Waals surface area contributed by atoms with Crippen molar-refractivity contribution in [3.05, 3.63) is 64.4 Å². The molecule has 0 aliphatic heterocycles. The SMILES string of the molecule is O=C(NCc1ccc2[nH]c(=O)oc2c1)c1ccncc1. The highest BCUT2D eigenvalue weighted by Gasteiger charge is 2.06. The van der Waals surface area contributed by atoms with Crippen molar-refractivity contribution < 1.29 is 9.21 Å². The minimum absolute atomic E-state index is 0.178. The normalized spacial score (nSPS) is 10.6. The molecular formula is C14H11N3O3. The van der Waals surface area contributed by atoms with Gasteiger partial charge in [0.15, 0.2) is 5.58 Å². The molecule has 0 spiro atoms. The van der Waals surface area contributed by atoms with Crippen molar-refractivity contribution in [1.82, 2.24) is 15.3 Å². The van der Waals surface area contributed by atoms with Gasteiger partial charge in [-0.15, -0.1) is 0 Å². The van der Waals surface area contributed by atoms with Crippen LogP contribution < -0.4 is 11.1 Å². The molecule has 2 heterocycles. The molecule has 2 aromatic heterocycles. The monoisotopic (exact) mass is 269 g/mol. The molecule has 0 fully saturated rings. The second kappa shape index (κ2) is 5.00. The van der Waals surface area contributed by atoms with Gasteiger partial charge in [0, 0.05) is 24.5 Å². The van der Waals surface area contributed by atoms with Gasteiger partial charge in [0.2, 0.25) is 0 Å². The van der Waals surface area contributed by atoms with Crippen LogP contribution in [0.1, 0.15) is 15.9 Å². The van der Waals surface area contributed by atoms with Crippen LogP contribution in [0.3, 0.4) is 0 Å². The summed E-state index contributed by atoms with van der Waals surface area (Å²) >= 11 is 0. The number of nitrogens with zero attached hydrogens (tertiary/aromatic N) is 1. The van der Waals surface area contributed by atoms with E-state index in [1.54, 1.807) is 36.7 Å². The zero-order chi connectivity index (χ0) is 13.9. The molecule has 6 heteroatoms. The number of aromatic nitrogens is 2. The zero-order valence-corrected chi connectivity index (χ0v) is 10.4. The standard InChI is InChI=1S/C14H11N3O3/c18-13(10-3-5-15-6-4-10)16-8-9-1-2-11-12(7-9)20-14(19)17-11/h1-7H,8H2,(H,16,18)(H,17,19). The molecule has 0 atom stereocenters. The molecule has 1 aromatic carbocycles. The number of carbonyl (C=O) groups is 1. The van der Waals surface area contributed by atoms with Crippen molar-refractivity contribution in [3.63, 3.8) is 0 Å². The Hall–Kier alpha value is -2.89. The number of benzene rings is 1. The lowest BCUT2D eigenvalue weighted by Crippen LogP contribution is -2.22. The number of nitrogens with one attached hydrogen (secondary N) is 2. The van der Waals surface area contributed by atoms with E-state index in [0.717, 1.165) is 5.56 Å². The predicted molar refractivity (Wildman–Crippen MR) is 72.2 cm³/mol. The predicted octanol–water partition coefficient (Wildman–Crippen LogP) is 1.45. The van der Waals surface area contributed by atoms with Crippen LogP contribution in [-0.2, 0) is 6.54 Å². The van der Waals surface area contributed by atoms with Gasteiger partial charge in [-0.05, 0) is 29.8 Å². The molecule has 0 radical (unpaired) electrons. The highest BCUT2D eigenvalue weighted by Crippen LogP contribution is 2.12. The molecule has 1 amide bonds. The van der Waals surface area contributed by atoms with Gasteiger partial charge in [0.05, 0.1) is 5.52 Å². The van der Waals surface area contributed by atoms with Gasteiger partial charge in [0.1, 0.15) is 0 Å². The Morgan fingerprint density at radius 3 is 2.85 bits per heavy atom. The largest absolute Gasteiger partial charge is 0.417 e. The summed E-state index contributed by atoms with van der Waals surface area (Å²) in [7, 11) is 0. The van der Waals surface area contributed by atoms with Gasteiger partial charge >= 0.3 is 5.76 Å². The molecule has 0 saturated heterocycles. The Morgan fingerprint density at radius 1 is 1.25 bits per heavy atom. The molecule has 100 valence electrons. The van der Waals surface area contributed by atoms with E-state index < -0.39 is 5.76 Å². The molecule has 6 nitrogen and oxygen atoms in total. The number of amides is 1. The molecule has 0 aliphatic carbocycles. The van der Waals surface area contributed by atoms with Crippen molar-refractivity contribution in [2.75, 3.05) is 0 Å². The third-order valence-electron chi connectivity index (χ3n) is 2.88. The Balaban J connectivity index is 1.73. The van der Waals surface area contributed by atoms with Gasteiger partial charge in [-0.3, -0.25) is 14.8 Å². The van der Waals surface area contributed by atoms with Crippen molar-refractivity contribution in [2.24, 2.45) is 0 Å². The van der Waals surface area contributed by atoms with Gasteiger partial charge in [-0.25, -0.2) is 4.79 Å². The first-order chi connectivity index (χ1) is 9.72. The average Bonchev–Trinajstić information content (AvgIpc) is 2.85. The van der Waals surface area contributed by atoms with Crippen molar-refractivity contribution in [2.45, 2.75) is 6.54 Å². The molecule has 0 saturated carbocycles. The summed E-state index contributed by atoms with van der Waals surface area (Å²) in [5.41, 5.74) is 2.52. The van der Waals surface area contributed by atoms with Gasteiger partial charge in [-0.1, -0.05) is 6.07 Å². The third-order valence-corrected chi connectivity index (χ3v) is 2.88. The van der Waals surface area contributed by atoms with Crippen molar-refractivity contribution >= 4 is 17.0 Å². The maximum absolute atomic E-state index is 11.9. The Morgan fingerprint density at radius 2 is 2.05 bits per heavy atom. The quantitative estimate of drug-likeness (QED) is 0.753. The summed E-state index contributed by atoms with van der Waals surface area (Å²) in [5.74, 6) is -0.666. The summed E-state index contributed by atoms with van der Waals surface area (Å²) in [6.07, 6.45) is 3.13. The minimum Gasteiger partial charge on any atom is -0.408 e. The lowest BCUT2D eigenvalue weighted by molar-refractivity contribution is 0.0951. The maximum atomic E-state index is 11.9. The molecule has 2 N–H and O–H groups in total. The number of hydrogen-bond acceptors (Lipinski definition) is 4. The first kappa shape index (κ1) is 12.2. The molecule has 0 aliphatic rings. The smallest absolute Gasteiger partial charge is 0.408 e. The number of rotatable bonds is 3. The Kier molecular flexibility index (Phi) is 3.04. The second-order valence-electron chi connectivity index (χ2n) is 4.26. The number of carbonyl (C=O) groups excluding carboxylic acids is 1. The molecule has 0 bridgehead atoms. The number of oxazole rings is 1. The number of fused-ring (bicyclic) bond motifs is 1. The summed E-state index contributed by atoms with van der Waals surface area (Å²) in [4.78, 5) is 29.3. The lowest BCUT2D eigenvalue weighted by atomic mass is 10.2. The van der Waals surface area contributed by atoms with Crippen LogP contribution in [0.2, 0.25) is 0 Å². The van der Waals surface area contributed by atoms with Crippen LogP contribution >= 0.6 is 0 Å². The fourth-order valence-electron chi connectivity index (χ4n) is 1.89. The topological polar surface area (TPSA) is 88.0 Å². The van der Waals surface area contributed by atoms with Crippen molar-refractivity contribution in [3.8, 4) is 0 Å². The summed E-state index contributed by atoms with van der Waals surface area (Å²) in [6.45, 7) is 0.353. The van der Waals surface area contributed by atoms with Gasteiger partial charge in [-0.2, -0.15) is 0 Å². The average molecular weight is 269 g/mol. The first-order valence-corrected chi connectivity index (χ1v) is 6.02. The number of aromatic amines is 1. The van der Waals surface area contributed by atoms with Crippen LogP contribution in [-0.4, -0.2) is 15.9 Å². The molecule has 3 rings (SSSR count). The molecular weight excluding hydrogens is 258 g/mol. The third kappa shape index (κ3) is 2.44. The van der Waals surface area contributed by atoms with E-state index in [4.69, 9.17) is 4.42 Å². The van der Waals surface area contributed by atoms with Crippen LogP contribution in [0, 0.1) is 0 Å². The van der Waals surface area contributed by atoms with E-state index in [1.165, 1.54) is 0 Å². The van der Waals surface area contributed by atoms with Gasteiger partial charge in [0.25, 0.3) is 5.91 Å². The zero-order valence-electron chi connectivity index (χ0n) is 10.4. The maximum Gasteiger partial charge on any atom is 0.417 e. The number of H-pyrrole nitrogens is 1. The van der Waals surface area contributed by atoms with E-state index in [0.29, 0.717) is 23.2 Å². The van der Waals surface area contributed by atoms with Crippen molar-refractivity contribution in [1.29, 1.82) is 0 Å². The number of pyridine rings is 1. The Labute approximate surface area is 113 Å². The van der Waals surface area contributed by atoms with Gasteiger partial charge < -0.3 is 9.73 Å². The van der Waals surface area contributed by atoms with E-state index >= 15 is 0 Å².